The first kappa shape index (κ1) is 23.6. The minimum absolute atomic E-state index is 0.0280. The van der Waals surface area contributed by atoms with Crippen LogP contribution in [0.4, 0.5) is 0 Å². The van der Waals surface area contributed by atoms with Crippen LogP contribution >= 0.6 is 0 Å². The van der Waals surface area contributed by atoms with Crippen LogP contribution in [-0.4, -0.2) is 36.8 Å². The highest BCUT2D eigenvalue weighted by atomic mass is 16.5. The maximum Gasteiger partial charge on any atom is 0.254 e. The van der Waals surface area contributed by atoms with E-state index >= 15 is 0 Å². The Hall–Kier alpha value is -4.01. The first-order chi connectivity index (χ1) is 15.9. The van der Waals surface area contributed by atoms with Crippen LogP contribution in [0.15, 0.2) is 53.3 Å². The quantitative estimate of drug-likeness (QED) is 0.503. The van der Waals surface area contributed by atoms with Gasteiger partial charge in [-0.1, -0.05) is 12.1 Å². The third-order valence-corrected chi connectivity index (χ3v) is 4.90. The standard InChI is InChI=1S/C24H27N3O6/c1-16-12-23(29)27(21(26-16)15-33-19-10-8-18(30-2)9-11-19)14-22(28)25-13-17-6-5-7-20(31-3)24(17)32-4/h5-12H,13-15H2,1-4H3,(H,25,28). The minimum Gasteiger partial charge on any atom is -0.497 e. The van der Waals surface area contributed by atoms with Crippen molar-refractivity contribution in [2.24, 2.45) is 0 Å². The molecule has 1 heterocycles. The number of carbonyl (C=O) groups excluding carboxylic acids is 1. The summed E-state index contributed by atoms with van der Waals surface area (Å²) in [5, 5.41) is 2.81. The van der Waals surface area contributed by atoms with E-state index in [2.05, 4.69) is 10.3 Å². The number of hydrogen-bond donors (Lipinski definition) is 1. The summed E-state index contributed by atoms with van der Waals surface area (Å²) in [6.45, 7) is 1.77. The summed E-state index contributed by atoms with van der Waals surface area (Å²) in [4.78, 5) is 29.6. The lowest BCUT2D eigenvalue weighted by Crippen LogP contribution is -2.34. The van der Waals surface area contributed by atoms with Gasteiger partial charge in [-0.05, 0) is 37.3 Å². The van der Waals surface area contributed by atoms with Crippen molar-refractivity contribution in [3.63, 3.8) is 0 Å². The first-order valence-electron chi connectivity index (χ1n) is 10.3. The van der Waals surface area contributed by atoms with Crippen LogP contribution in [0.1, 0.15) is 17.1 Å². The molecule has 0 saturated carbocycles. The monoisotopic (exact) mass is 453 g/mol. The topological polar surface area (TPSA) is 101 Å². The highest BCUT2D eigenvalue weighted by molar-refractivity contribution is 5.76. The predicted molar refractivity (Wildman–Crippen MR) is 122 cm³/mol. The van der Waals surface area contributed by atoms with Crippen LogP contribution in [0.25, 0.3) is 0 Å². The number of amides is 1. The molecule has 0 saturated heterocycles. The maximum absolute atomic E-state index is 12.6. The molecule has 9 heteroatoms. The van der Waals surface area contributed by atoms with E-state index in [0.717, 1.165) is 5.56 Å². The van der Waals surface area contributed by atoms with Gasteiger partial charge in [-0.15, -0.1) is 0 Å². The van der Waals surface area contributed by atoms with Gasteiger partial charge in [0.2, 0.25) is 5.91 Å². The number of aryl methyl sites for hydroxylation is 1. The molecule has 174 valence electrons. The average molecular weight is 453 g/mol. The molecule has 33 heavy (non-hydrogen) atoms. The highest BCUT2D eigenvalue weighted by Crippen LogP contribution is 2.30. The molecular formula is C24H27N3O6. The summed E-state index contributed by atoms with van der Waals surface area (Å²) >= 11 is 0. The second kappa shape index (κ2) is 11.0. The van der Waals surface area contributed by atoms with Crippen LogP contribution in [0, 0.1) is 6.92 Å². The SMILES string of the molecule is COc1ccc(OCc2nc(C)cc(=O)n2CC(=O)NCc2cccc(OC)c2OC)cc1. The van der Waals surface area contributed by atoms with Crippen molar-refractivity contribution in [3.05, 3.63) is 76.0 Å². The molecule has 0 fully saturated rings. The maximum atomic E-state index is 12.6. The Kier molecular flexibility index (Phi) is 7.91. The van der Waals surface area contributed by atoms with Crippen LogP contribution < -0.4 is 29.8 Å². The Balaban J connectivity index is 1.71. The Morgan fingerprint density at radius 2 is 1.73 bits per heavy atom. The number of hydrogen-bond acceptors (Lipinski definition) is 7. The molecule has 1 aromatic heterocycles. The van der Waals surface area contributed by atoms with Gasteiger partial charge >= 0.3 is 0 Å². The molecule has 3 rings (SSSR count). The zero-order valence-corrected chi connectivity index (χ0v) is 19.1. The van der Waals surface area contributed by atoms with Gasteiger partial charge in [0.15, 0.2) is 11.5 Å². The molecule has 0 aliphatic heterocycles. The summed E-state index contributed by atoms with van der Waals surface area (Å²) in [6, 6.07) is 13.8. The molecule has 9 nitrogen and oxygen atoms in total. The number of carbonyl (C=O) groups is 1. The van der Waals surface area contributed by atoms with Crippen LogP contribution in [0.3, 0.4) is 0 Å². The highest BCUT2D eigenvalue weighted by Gasteiger charge is 2.14. The van der Waals surface area contributed by atoms with Crippen LogP contribution in [0.5, 0.6) is 23.0 Å². The summed E-state index contributed by atoms with van der Waals surface area (Å²) in [7, 11) is 4.67. The minimum atomic E-state index is -0.349. The van der Waals surface area contributed by atoms with Gasteiger partial charge in [-0.3, -0.25) is 14.2 Å². The van der Waals surface area contributed by atoms with Gasteiger partial charge < -0.3 is 24.3 Å². The van der Waals surface area contributed by atoms with Gasteiger partial charge in [0.05, 0.1) is 21.3 Å². The normalized spacial score (nSPS) is 10.4. The van der Waals surface area contributed by atoms with Crippen molar-refractivity contribution in [1.82, 2.24) is 14.9 Å². The molecule has 0 unspecified atom stereocenters. The molecule has 3 aromatic rings. The number of nitrogens with zero attached hydrogens (tertiary/aromatic N) is 2. The molecule has 0 aliphatic carbocycles. The number of methoxy groups -OCH3 is 3. The van der Waals surface area contributed by atoms with E-state index in [0.29, 0.717) is 34.5 Å². The van der Waals surface area contributed by atoms with E-state index in [-0.39, 0.29) is 31.2 Å². The van der Waals surface area contributed by atoms with E-state index in [1.54, 1.807) is 51.5 Å². The van der Waals surface area contributed by atoms with Crippen molar-refractivity contribution in [2.45, 2.75) is 26.6 Å². The Bertz CT molecular complexity index is 1160. The second-order valence-electron chi connectivity index (χ2n) is 7.13. The molecule has 1 amide bonds. The summed E-state index contributed by atoms with van der Waals surface area (Å²) < 4.78 is 22.9. The fraction of sp³-hybridized carbons (Fsp3) is 0.292. The number of ether oxygens (including phenoxy) is 4. The lowest BCUT2D eigenvalue weighted by molar-refractivity contribution is -0.121. The Morgan fingerprint density at radius 3 is 2.39 bits per heavy atom. The molecule has 1 N–H and O–H groups in total. The molecule has 2 aromatic carbocycles. The molecule has 0 atom stereocenters. The van der Waals surface area contributed by atoms with Crippen molar-refractivity contribution < 1.29 is 23.7 Å². The summed E-state index contributed by atoms with van der Waals surface area (Å²) in [5.74, 6) is 2.41. The predicted octanol–water partition coefficient (Wildman–Crippen LogP) is 2.47. The number of para-hydroxylation sites is 1. The van der Waals surface area contributed by atoms with Crippen molar-refractivity contribution >= 4 is 5.91 Å². The zero-order chi connectivity index (χ0) is 23.8. The fourth-order valence-electron chi connectivity index (χ4n) is 3.27. The number of nitrogens with one attached hydrogen (secondary N) is 1. The van der Waals surface area contributed by atoms with Crippen LogP contribution in [0.2, 0.25) is 0 Å². The van der Waals surface area contributed by atoms with Crippen LogP contribution in [-0.2, 0) is 24.5 Å². The van der Waals surface area contributed by atoms with Crippen molar-refractivity contribution in [3.8, 4) is 23.0 Å². The molecule has 0 bridgehead atoms. The number of rotatable bonds is 10. The average Bonchev–Trinajstić information content (AvgIpc) is 2.83. The molecule has 0 spiro atoms. The van der Waals surface area contributed by atoms with Gasteiger partial charge in [-0.2, -0.15) is 0 Å². The zero-order valence-electron chi connectivity index (χ0n) is 19.1. The molecular weight excluding hydrogens is 426 g/mol. The molecule has 0 aliphatic rings. The number of aromatic nitrogens is 2. The van der Waals surface area contributed by atoms with Gasteiger partial charge in [0.1, 0.15) is 30.5 Å². The first-order valence-corrected chi connectivity index (χ1v) is 10.3. The van der Waals surface area contributed by atoms with Gasteiger partial charge in [0, 0.05) is 23.9 Å². The summed E-state index contributed by atoms with van der Waals surface area (Å²) in [5.41, 5.74) is 0.971. The Labute approximate surface area is 191 Å². The lowest BCUT2D eigenvalue weighted by Gasteiger charge is -2.15. The third-order valence-electron chi connectivity index (χ3n) is 4.90. The lowest BCUT2D eigenvalue weighted by atomic mass is 10.2. The Morgan fingerprint density at radius 1 is 1.00 bits per heavy atom. The summed E-state index contributed by atoms with van der Waals surface area (Å²) in [6.07, 6.45) is 0. The number of benzene rings is 2. The van der Waals surface area contributed by atoms with E-state index in [4.69, 9.17) is 18.9 Å². The fourth-order valence-corrected chi connectivity index (χ4v) is 3.27. The van der Waals surface area contributed by atoms with E-state index in [1.165, 1.54) is 17.7 Å². The largest absolute Gasteiger partial charge is 0.497 e. The van der Waals surface area contributed by atoms with E-state index in [1.807, 2.05) is 12.1 Å². The smallest absolute Gasteiger partial charge is 0.254 e. The van der Waals surface area contributed by atoms with Gasteiger partial charge in [0.25, 0.3) is 5.56 Å². The molecule has 0 radical (unpaired) electrons. The third kappa shape index (κ3) is 6.03. The van der Waals surface area contributed by atoms with Crippen molar-refractivity contribution in [2.75, 3.05) is 21.3 Å². The second-order valence-corrected chi connectivity index (χ2v) is 7.13. The van der Waals surface area contributed by atoms with Gasteiger partial charge in [-0.25, -0.2) is 4.98 Å². The van der Waals surface area contributed by atoms with Crippen molar-refractivity contribution in [1.29, 1.82) is 0 Å². The van der Waals surface area contributed by atoms with E-state index in [9.17, 15) is 9.59 Å². The van der Waals surface area contributed by atoms with E-state index < -0.39 is 0 Å².